The molecule has 0 aromatic heterocycles. The predicted octanol–water partition coefficient (Wildman–Crippen LogP) is 0.834. The first-order valence-corrected chi connectivity index (χ1v) is 6.29. The molecule has 0 aromatic rings. The van der Waals surface area contributed by atoms with E-state index in [4.69, 9.17) is 5.11 Å². The number of hydrogen-bond donors (Lipinski definition) is 2. The van der Waals surface area contributed by atoms with Crippen molar-refractivity contribution in [3.05, 3.63) is 0 Å². The summed E-state index contributed by atoms with van der Waals surface area (Å²) in [5, 5.41) is 11.1. The van der Waals surface area contributed by atoms with Gasteiger partial charge in [-0.25, -0.2) is 4.79 Å². The molecule has 1 unspecified atom stereocenters. The van der Waals surface area contributed by atoms with Crippen LogP contribution >= 0.6 is 0 Å². The molecule has 0 radical (unpaired) electrons. The fraction of sp³-hybridized carbons (Fsp3) is 0.750. The Labute approximate surface area is 112 Å². The second kappa shape index (κ2) is 9.18. The largest absolute Gasteiger partial charge is 0.480 e. The van der Waals surface area contributed by atoms with Gasteiger partial charge in [0.25, 0.3) is 0 Å². The first-order valence-electron chi connectivity index (χ1n) is 6.29. The van der Waals surface area contributed by atoms with E-state index in [2.05, 4.69) is 10.1 Å². The predicted molar refractivity (Wildman–Crippen MR) is 68.7 cm³/mol. The van der Waals surface area contributed by atoms with Gasteiger partial charge in [-0.3, -0.25) is 9.59 Å². The summed E-state index contributed by atoms with van der Waals surface area (Å²) in [7, 11) is 1.20. The summed E-state index contributed by atoms with van der Waals surface area (Å²) >= 11 is 0. The fourth-order valence-corrected chi connectivity index (χ4v) is 1.80. The number of aliphatic carboxylic acids is 1. The van der Waals surface area contributed by atoms with Crippen molar-refractivity contribution in [3.8, 4) is 0 Å². The number of methoxy groups -OCH3 is 1. The van der Waals surface area contributed by atoms with Crippen molar-refractivity contribution in [2.24, 2.45) is 0 Å². The number of carbonyl (C=O) groups excluding carboxylic acids is 2. The smallest absolute Gasteiger partial charge is 0.407 e. The van der Waals surface area contributed by atoms with Crippen molar-refractivity contribution in [1.82, 2.24) is 10.2 Å². The van der Waals surface area contributed by atoms with E-state index in [0.717, 1.165) is 12.8 Å². The zero-order valence-corrected chi connectivity index (χ0v) is 11.6. The number of carboxylic acids is 1. The zero-order chi connectivity index (χ0) is 14.8. The third kappa shape index (κ3) is 6.64. The Balaban J connectivity index is 4.66. The average molecular weight is 274 g/mol. The van der Waals surface area contributed by atoms with Gasteiger partial charge >= 0.3 is 12.1 Å². The summed E-state index contributed by atoms with van der Waals surface area (Å²) in [5.74, 6) is -1.49. The van der Waals surface area contributed by atoms with E-state index >= 15 is 0 Å². The number of rotatable bonds is 8. The first-order chi connectivity index (χ1) is 8.96. The molecule has 0 aliphatic heterocycles. The lowest BCUT2D eigenvalue weighted by molar-refractivity contribution is -0.146. The van der Waals surface area contributed by atoms with E-state index in [9.17, 15) is 14.4 Å². The van der Waals surface area contributed by atoms with Gasteiger partial charge in [-0.05, 0) is 12.8 Å². The second-order valence-corrected chi connectivity index (χ2v) is 4.11. The molecule has 7 nitrogen and oxygen atoms in total. The molecule has 7 heteroatoms. The van der Waals surface area contributed by atoms with Gasteiger partial charge in [-0.1, -0.05) is 20.3 Å². The standard InChI is InChI=1S/C12H22N2O5/c1-4-6-9(5-2)14(8-11(16)17)10(15)7-13-12(18)19-3/h9H,4-8H2,1-3H3,(H,13,18)(H,16,17). The normalized spacial score (nSPS) is 11.5. The van der Waals surface area contributed by atoms with Gasteiger partial charge in [-0.15, -0.1) is 0 Å². The molecular formula is C12H22N2O5. The lowest BCUT2D eigenvalue weighted by Crippen LogP contribution is -2.47. The Kier molecular flexibility index (Phi) is 8.32. The molecular weight excluding hydrogens is 252 g/mol. The molecule has 0 aliphatic rings. The summed E-state index contributed by atoms with van der Waals surface area (Å²) < 4.78 is 4.36. The average Bonchev–Trinajstić information content (AvgIpc) is 2.39. The van der Waals surface area contributed by atoms with Crippen LogP contribution in [0, 0.1) is 0 Å². The molecule has 1 atom stereocenters. The highest BCUT2D eigenvalue weighted by Crippen LogP contribution is 2.11. The molecule has 2 amide bonds. The zero-order valence-electron chi connectivity index (χ0n) is 11.6. The van der Waals surface area contributed by atoms with E-state index in [1.165, 1.54) is 12.0 Å². The summed E-state index contributed by atoms with van der Waals surface area (Å²) in [4.78, 5) is 35.0. The monoisotopic (exact) mass is 274 g/mol. The minimum absolute atomic E-state index is 0.131. The molecule has 0 aliphatic carbocycles. The van der Waals surface area contributed by atoms with Crippen molar-refractivity contribution in [2.45, 2.75) is 39.2 Å². The minimum Gasteiger partial charge on any atom is -0.480 e. The maximum absolute atomic E-state index is 12.0. The second-order valence-electron chi connectivity index (χ2n) is 4.11. The molecule has 0 aromatic carbocycles. The van der Waals surface area contributed by atoms with Gasteiger partial charge in [0.15, 0.2) is 0 Å². The minimum atomic E-state index is -1.07. The lowest BCUT2D eigenvalue weighted by Gasteiger charge is -2.29. The van der Waals surface area contributed by atoms with E-state index in [1.54, 1.807) is 0 Å². The molecule has 0 saturated carbocycles. The first kappa shape index (κ1) is 17.2. The van der Waals surface area contributed by atoms with Crippen LogP contribution in [-0.2, 0) is 14.3 Å². The summed E-state index contributed by atoms with van der Waals surface area (Å²) in [6.07, 6.45) is 1.54. The molecule has 0 fully saturated rings. The van der Waals surface area contributed by atoms with Crippen molar-refractivity contribution < 1.29 is 24.2 Å². The number of nitrogens with one attached hydrogen (secondary N) is 1. The fourth-order valence-electron chi connectivity index (χ4n) is 1.80. The molecule has 19 heavy (non-hydrogen) atoms. The van der Waals surface area contributed by atoms with Gasteiger partial charge in [0, 0.05) is 6.04 Å². The van der Waals surface area contributed by atoms with Crippen LogP contribution in [0.2, 0.25) is 0 Å². The maximum atomic E-state index is 12.0. The number of nitrogens with zero attached hydrogens (tertiary/aromatic N) is 1. The van der Waals surface area contributed by atoms with Crippen LogP contribution < -0.4 is 5.32 Å². The van der Waals surface area contributed by atoms with Crippen LogP contribution in [0.1, 0.15) is 33.1 Å². The van der Waals surface area contributed by atoms with Crippen molar-refractivity contribution in [1.29, 1.82) is 0 Å². The van der Waals surface area contributed by atoms with Crippen LogP contribution in [0.15, 0.2) is 0 Å². The van der Waals surface area contributed by atoms with Crippen LogP contribution in [0.3, 0.4) is 0 Å². The molecule has 2 N–H and O–H groups in total. The van der Waals surface area contributed by atoms with Gasteiger partial charge in [0.05, 0.1) is 7.11 Å². The van der Waals surface area contributed by atoms with Crippen molar-refractivity contribution in [3.63, 3.8) is 0 Å². The highest BCUT2D eigenvalue weighted by molar-refractivity contribution is 5.85. The van der Waals surface area contributed by atoms with Gasteiger partial charge in [0.2, 0.25) is 5.91 Å². The third-order valence-electron chi connectivity index (χ3n) is 2.73. The molecule has 0 heterocycles. The van der Waals surface area contributed by atoms with Crippen LogP contribution in [-0.4, -0.2) is 54.2 Å². The SMILES string of the molecule is CCCC(CC)N(CC(=O)O)C(=O)CNC(=O)OC. The molecule has 110 valence electrons. The summed E-state index contributed by atoms with van der Waals surface area (Å²) in [6, 6.07) is -0.131. The van der Waals surface area contributed by atoms with Crippen LogP contribution in [0.25, 0.3) is 0 Å². The van der Waals surface area contributed by atoms with Gasteiger partial charge < -0.3 is 20.1 Å². The number of alkyl carbamates (subject to hydrolysis) is 1. The number of hydrogen-bond acceptors (Lipinski definition) is 4. The molecule has 0 spiro atoms. The number of amides is 2. The number of carbonyl (C=O) groups is 3. The Morgan fingerprint density at radius 3 is 2.37 bits per heavy atom. The van der Waals surface area contributed by atoms with E-state index in [-0.39, 0.29) is 19.1 Å². The highest BCUT2D eigenvalue weighted by atomic mass is 16.5. The highest BCUT2D eigenvalue weighted by Gasteiger charge is 2.24. The van der Waals surface area contributed by atoms with Crippen molar-refractivity contribution >= 4 is 18.0 Å². The Bertz CT molecular complexity index is 319. The summed E-state index contributed by atoms with van der Waals surface area (Å²) in [5.41, 5.74) is 0. The Hall–Kier alpha value is -1.79. The van der Waals surface area contributed by atoms with Crippen molar-refractivity contribution in [2.75, 3.05) is 20.2 Å². The van der Waals surface area contributed by atoms with E-state index in [0.29, 0.717) is 6.42 Å². The molecule has 0 bridgehead atoms. The Morgan fingerprint density at radius 1 is 1.32 bits per heavy atom. The van der Waals surface area contributed by atoms with Crippen LogP contribution in [0.4, 0.5) is 4.79 Å². The van der Waals surface area contributed by atoms with Crippen LogP contribution in [0.5, 0.6) is 0 Å². The van der Waals surface area contributed by atoms with Gasteiger partial charge in [-0.2, -0.15) is 0 Å². The molecule has 0 rings (SSSR count). The number of carboxylic acid groups (broad SMARTS) is 1. The quantitative estimate of drug-likeness (QED) is 0.683. The Morgan fingerprint density at radius 2 is 1.95 bits per heavy atom. The maximum Gasteiger partial charge on any atom is 0.407 e. The number of ether oxygens (including phenoxy) is 1. The lowest BCUT2D eigenvalue weighted by atomic mass is 10.1. The topological polar surface area (TPSA) is 95.9 Å². The van der Waals surface area contributed by atoms with Gasteiger partial charge in [0.1, 0.15) is 13.1 Å². The van der Waals surface area contributed by atoms with E-state index < -0.39 is 18.0 Å². The van der Waals surface area contributed by atoms with E-state index in [1.807, 2.05) is 13.8 Å². The summed E-state index contributed by atoms with van der Waals surface area (Å²) in [6.45, 7) is 3.25. The molecule has 0 saturated heterocycles. The third-order valence-corrected chi connectivity index (χ3v) is 2.73.